The number of nitrogens with zero attached hydrogens (tertiary/aromatic N) is 5. The van der Waals surface area contributed by atoms with Gasteiger partial charge in [-0.05, 0) is 57.5 Å². The molecule has 1 saturated heterocycles. The van der Waals surface area contributed by atoms with Crippen LogP contribution in [0.4, 0.5) is 11.8 Å². The topological polar surface area (TPSA) is 103 Å². The summed E-state index contributed by atoms with van der Waals surface area (Å²) in [5.41, 5.74) is 3.08. The normalized spacial score (nSPS) is 16.1. The number of fused-ring (bicyclic) bond motifs is 2. The average Bonchev–Trinajstić information content (AvgIpc) is 3.23. The lowest BCUT2D eigenvalue weighted by molar-refractivity contribution is -0.122. The number of anilines is 2. The highest BCUT2D eigenvalue weighted by Crippen LogP contribution is 2.31. The standard InChI is InChI=1S/C26H31N7O2/c1-16(2)33-15-20-22(25(33)35)30-26(32(3)24(34)18-8-10-27-11-9-18)31-23(20)29-14-17-12-19-6-4-5-7-21(19)28-13-17/h4-7,12-13,16,18,27H,8-11,14-15H2,1-3H3,(H,29,30,31). The van der Waals surface area contributed by atoms with Crippen LogP contribution in [0.1, 0.15) is 48.3 Å². The van der Waals surface area contributed by atoms with Crippen LogP contribution in [0.25, 0.3) is 10.9 Å². The molecule has 0 spiro atoms. The molecule has 4 heterocycles. The van der Waals surface area contributed by atoms with Crippen molar-refractivity contribution >= 4 is 34.5 Å². The van der Waals surface area contributed by atoms with Gasteiger partial charge in [0.2, 0.25) is 11.9 Å². The summed E-state index contributed by atoms with van der Waals surface area (Å²) in [5, 5.41) is 7.75. The van der Waals surface area contributed by atoms with Crippen molar-refractivity contribution in [1.29, 1.82) is 0 Å². The van der Waals surface area contributed by atoms with E-state index in [0.29, 0.717) is 24.6 Å². The predicted molar refractivity (Wildman–Crippen MR) is 135 cm³/mol. The van der Waals surface area contributed by atoms with Crippen molar-refractivity contribution in [3.8, 4) is 0 Å². The molecule has 1 fully saturated rings. The fourth-order valence-corrected chi connectivity index (χ4v) is 4.73. The number of amides is 2. The van der Waals surface area contributed by atoms with Gasteiger partial charge in [0.05, 0.1) is 12.1 Å². The SMILES string of the molecule is CC(C)N1Cc2c(NCc3cnc4ccccc4c3)nc(N(C)C(=O)C3CCNCC3)nc2C1=O. The maximum absolute atomic E-state index is 13.2. The number of piperidine rings is 1. The minimum Gasteiger partial charge on any atom is -0.365 e. The fraction of sp³-hybridized carbons (Fsp3) is 0.423. The van der Waals surface area contributed by atoms with E-state index >= 15 is 0 Å². The Morgan fingerprint density at radius 2 is 2.00 bits per heavy atom. The highest BCUT2D eigenvalue weighted by molar-refractivity contribution is 5.99. The van der Waals surface area contributed by atoms with Gasteiger partial charge in [-0.15, -0.1) is 0 Å². The maximum atomic E-state index is 13.2. The number of nitrogens with one attached hydrogen (secondary N) is 2. The fourth-order valence-electron chi connectivity index (χ4n) is 4.73. The molecular weight excluding hydrogens is 442 g/mol. The summed E-state index contributed by atoms with van der Waals surface area (Å²) < 4.78 is 0. The van der Waals surface area contributed by atoms with Crippen LogP contribution in [0, 0.1) is 5.92 Å². The molecule has 9 nitrogen and oxygen atoms in total. The van der Waals surface area contributed by atoms with E-state index in [0.717, 1.165) is 48.0 Å². The van der Waals surface area contributed by atoms with Crippen LogP contribution >= 0.6 is 0 Å². The van der Waals surface area contributed by atoms with Crippen molar-refractivity contribution in [3.63, 3.8) is 0 Å². The quantitative estimate of drug-likeness (QED) is 0.567. The first-order valence-corrected chi connectivity index (χ1v) is 12.2. The van der Waals surface area contributed by atoms with Crippen molar-refractivity contribution in [2.45, 2.75) is 45.8 Å². The van der Waals surface area contributed by atoms with Crippen LogP contribution in [-0.2, 0) is 17.9 Å². The van der Waals surface area contributed by atoms with Gasteiger partial charge >= 0.3 is 0 Å². The zero-order chi connectivity index (χ0) is 24.5. The first-order chi connectivity index (χ1) is 16.9. The largest absolute Gasteiger partial charge is 0.365 e. The first kappa shape index (κ1) is 23.2. The number of rotatable bonds is 6. The lowest BCUT2D eigenvalue weighted by Crippen LogP contribution is -2.40. The Labute approximate surface area is 205 Å². The van der Waals surface area contributed by atoms with E-state index in [2.05, 4.69) is 26.7 Å². The van der Waals surface area contributed by atoms with Crippen LogP contribution in [-0.4, -0.2) is 57.8 Å². The van der Waals surface area contributed by atoms with Gasteiger partial charge < -0.3 is 15.5 Å². The lowest BCUT2D eigenvalue weighted by atomic mass is 9.97. The highest BCUT2D eigenvalue weighted by Gasteiger charge is 2.35. The highest BCUT2D eigenvalue weighted by atomic mass is 16.2. The van der Waals surface area contributed by atoms with Crippen LogP contribution in [0.3, 0.4) is 0 Å². The summed E-state index contributed by atoms with van der Waals surface area (Å²) in [6.07, 6.45) is 3.42. The molecule has 9 heteroatoms. The van der Waals surface area contributed by atoms with Crippen LogP contribution in [0.5, 0.6) is 0 Å². The van der Waals surface area contributed by atoms with Crippen LogP contribution in [0.15, 0.2) is 36.5 Å². The second kappa shape index (κ2) is 9.58. The van der Waals surface area contributed by atoms with Gasteiger partial charge in [-0.25, -0.2) is 4.98 Å². The summed E-state index contributed by atoms with van der Waals surface area (Å²) >= 11 is 0. The minimum atomic E-state index is -0.128. The second-order valence-corrected chi connectivity index (χ2v) is 9.54. The number of hydrogen-bond donors (Lipinski definition) is 2. The van der Waals surface area contributed by atoms with Gasteiger partial charge in [0, 0.05) is 42.7 Å². The number of benzene rings is 1. The summed E-state index contributed by atoms with van der Waals surface area (Å²) in [6, 6.07) is 10.1. The van der Waals surface area contributed by atoms with E-state index in [1.165, 1.54) is 4.90 Å². The Morgan fingerprint density at radius 3 is 2.77 bits per heavy atom. The van der Waals surface area contributed by atoms with Crippen molar-refractivity contribution < 1.29 is 9.59 Å². The van der Waals surface area contributed by atoms with E-state index in [-0.39, 0.29) is 29.7 Å². The Hall–Kier alpha value is -3.59. The van der Waals surface area contributed by atoms with E-state index < -0.39 is 0 Å². The van der Waals surface area contributed by atoms with Gasteiger partial charge in [-0.1, -0.05) is 18.2 Å². The smallest absolute Gasteiger partial charge is 0.273 e. The zero-order valence-corrected chi connectivity index (χ0v) is 20.4. The molecule has 0 atom stereocenters. The molecule has 0 radical (unpaired) electrons. The van der Waals surface area contributed by atoms with E-state index in [1.807, 2.05) is 44.3 Å². The molecule has 35 heavy (non-hydrogen) atoms. The third-order valence-electron chi connectivity index (χ3n) is 6.84. The zero-order valence-electron chi connectivity index (χ0n) is 20.4. The molecule has 2 aliphatic rings. The number of hydrogen-bond acceptors (Lipinski definition) is 7. The van der Waals surface area contributed by atoms with Gasteiger partial charge in [0.15, 0.2) is 0 Å². The maximum Gasteiger partial charge on any atom is 0.273 e. The summed E-state index contributed by atoms with van der Waals surface area (Å²) in [4.78, 5) is 43.4. The van der Waals surface area contributed by atoms with Gasteiger partial charge in [-0.2, -0.15) is 4.98 Å². The molecule has 0 aliphatic carbocycles. The summed E-state index contributed by atoms with van der Waals surface area (Å²) in [5.74, 6) is 0.630. The predicted octanol–water partition coefficient (Wildman–Crippen LogP) is 2.96. The first-order valence-electron chi connectivity index (χ1n) is 12.2. The molecule has 5 rings (SSSR count). The third kappa shape index (κ3) is 4.55. The molecule has 0 bridgehead atoms. The van der Waals surface area contributed by atoms with Crippen molar-refractivity contribution in [3.05, 3.63) is 53.3 Å². The molecule has 3 aromatic rings. The minimum absolute atomic E-state index is 0.0118. The number of para-hydroxylation sites is 1. The molecule has 0 saturated carbocycles. The molecule has 0 unspecified atom stereocenters. The van der Waals surface area contributed by atoms with E-state index in [9.17, 15) is 9.59 Å². The van der Waals surface area contributed by atoms with Crippen molar-refractivity contribution in [2.75, 3.05) is 30.4 Å². The summed E-state index contributed by atoms with van der Waals surface area (Å²) in [6.45, 7) is 6.55. The molecule has 1 aromatic carbocycles. The Bertz CT molecular complexity index is 1270. The second-order valence-electron chi connectivity index (χ2n) is 9.54. The third-order valence-corrected chi connectivity index (χ3v) is 6.84. The molecule has 2 aliphatic heterocycles. The molecule has 2 aromatic heterocycles. The molecule has 182 valence electrons. The Kier molecular flexibility index (Phi) is 6.34. The summed E-state index contributed by atoms with van der Waals surface area (Å²) in [7, 11) is 1.70. The average molecular weight is 474 g/mol. The Balaban J connectivity index is 1.45. The van der Waals surface area contributed by atoms with Crippen molar-refractivity contribution in [1.82, 2.24) is 25.2 Å². The van der Waals surface area contributed by atoms with Gasteiger partial charge in [-0.3, -0.25) is 19.5 Å². The number of pyridine rings is 1. The number of aromatic nitrogens is 3. The van der Waals surface area contributed by atoms with Gasteiger partial charge in [0.1, 0.15) is 11.5 Å². The number of carbonyl (C=O) groups excluding carboxylic acids is 2. The monoisotopic (exact) mass is 473 g/mol. The van der Waals surface area contributed by atoms with E-state index in [1.54, 1.807) is 11.9 Å². The molecular formula is C26H31N7O2. The number of carbonyl (C=O) groups is 2. The van der Waals surface area contributed by atoms with Gasteiger partial charge in [0.25, 0.3) is 5.91 Å². The molecule has 2 N–H and O–H groups in total. The van der Waals surface area contributed by atoms with Crippen LogP contribution in [0.2, 0.25) is 0 Å². The Morgan fingerprint density at radius 1 is 1.23 bits per heavy atom. The molecule has 2 amide bonds. The lowest BCUT2D eigenvalue weighted by Gasteiger charge is -2.26. The van der Waals surface area contributed by atoms with Crippen molar-refractivity contribution in [2.24, 2.45) is 5.92 Å². The van der Waals surface area contributed by atoms with Crippen LogP contribution < -0.4 is 15.5 Å². The van der Waals surface area contributed by atoms with E-state index in [4.69, 9.17) is 4.98 Å².